The van der Waals surface area contributed by atoms with Gasteiger partial charge in [-0.1, -0.05) is 0 Å². The van der Waals surface area contributed by atoms with Gasteiger partial charge in [0.1, 0.15) is 18.0 Å². The molecule has 0 amide bonds. The number of rotatable bonds is 5. The molecule has 1 aliphatic heterocycles. The van der Waals surface area contributed by atoms with Crippen LogP contribution in [0.2, 0.25) is 0 Å². The van der Waals surface area contributed by atoms with Gasteiger partial charge in [0.25, 0.3) is 0 Å². The van der Waals surface area contributed by atoms with Crippen molar-refractivity contribution >= 4 is 5.82 Å². The normalized spacial score (nSPS) is 14.4. The summed E-state index contributed by atoms with van der Waals surface area (Å²) in [5, 5.41) is 21.9. The number of nitrogens with one attached hydrogen (secondary N) is 1. The third-order valence-corrected chi connectivity index (χ3v) is 4.44. The van der Waals surface area contributed by atoms with Gasteiger partial charge in [0.15, 0.2) is 0 Å². The van der Waals surface area contributed by atoms with Crippen LogP contribution in [0.3, 0.4) is 0 Å². The first kappa shape index (κ1) is 17.8. The third kappa shape index (κ3) is 3.97. The Balaban J connectivity index is 1.74. The molecule has 0 unspecified atom stereocenters. The van der Waals surface area contributed by atoms with Crippen LogP contribution in [0.15, 0.2) is 24.5 Å². The van der Waals surface area contributed by atoms with Crippen LogP contribution in [0.1, 0.15) is 16.7 Å². The number of nitrogens with zero attached hydrogens (tertiary/aromatic N) is 5. The maximum atomic E-state index is 9.49. The summed E-state index contributed by atoms with van der Waals surface area (Å²) in [7, 11) is 0. The highest BCUT2D eigenvalue weighted by Gasteiger charge is 2.14. The van der Waals surface area contributed by atoms with Crippen molar-refractivity contribution in [1.29, 1.82) is 10.5 Å². The lowest BCUT2D eigenvalue weighted by Gasteiger charge is -2.26. The second-order valence-corrected chi connectivity index (χ2v) is 6.05. The van der Waals surface area contributed by atoms with Gasteiger partial charge in [-0.15, -0.1) is 0 Å². The molecule has 26 heavy (non-hydrogen) atoms. The van der Waals surface area contributed by atoms with Gasteiger partial charge < -0.3 is 10.1 Å². The molecular weight excluding hydrogens is 328 g/mol. The van der Waals surface area contributed by atoms with Gasteiger partial charge in [0.05, 0.1) is 30.0 Å². The zero-order valence-electron chi connectivity index (χ0n) is 14.7. The molecule has 1 saturated heterocycles. The predicted molar refractivity (Wildman–Crippen MR) is 97.4 cm³/mol. The summed E-state index contributed by atoms with van der Waals surface area (Å²) in [5.41, 5.74) is 2.87. The Hall–Kier alpha value is -3.00. The maximum absolute atomic E-state index is 9.49. The highest BCUT2D eigenvalue weighted by molar-refractivity contribution is 5.71. The fraction of sp³-hybridized carbons (Fsp3) is 0.368. The van der Waals surface area contributed by atoms with E-state index in [2.05, 4.69) is 32.3 Å². The predicted octanol–water partition coefficient (Wildman–Crippen LogP) is 1.94. The lowest BCUT2D eigenvalue weighted by molar-refractivity contribution is 0.0398. The van der Waals surface area contributed by atoms with E-state index >= 15 is 0 Å². The number of pyridine rings is 2. The molecule has 0 aromatic carbocycles. The summed E-state index contributed by atoms with van der Waals surface area (Å²) in [4.78, 5) is 11.0. The molecule has 7 nitrogen and oxygen atoms in total. The SMILES string of the molecule is Cc1c(C#N)cnc(-c2ccnc(NCCN3CCOCC3)c2)c1C#N. The van der Waals surface area contributed by atoms with Crippen molar-refractivity contribution in [2.24, 2.45) is 0 Å². The molecule has 3 heterocycles. The number of nitriles is 2. The van der Waals surface area contributed by atoms with E-state index in [0.717, 1.165) is 50.8 Å². The van der Waals surface area contributed by atoms with Gasteiger partial charge in [-0.3, -0.25) is 9.88 Å². The van der Waals surface area contributed by atoms with E-state index in [1.165, 1.54) is 6.20 Å². The first-order valence-corrected chi connectivity index (χ1v) is 8.53. The van der Waals surface area contributed by atoms with Gasteiger partial charge >= 0.3 is 0 Å². The van der Waals surface area contributed by atoms with E-state index in [1.54, 1.807) is 13.1 Å². The monoisotopic (exact) mass is 348 g/mol. The fourth-order valence-corrected chi connectivity index (χ4v) is 2.91. The molecular formula is C19H20N6O. The molecule has 1 N–H and O–H groups in total. The van der Waals surface area contributed by atoms with Crippen LogP contribution < -0.4 is 5.32 Å². The molecule has 2 aromatic rings. The van der Waals surface area contributed by atoms with Crippen molar-refractivity contribution in [1.82, 2.24) is 14.9 Å². The lowest BCUT2D eigenvalue weighted by atomic mass is 10.0. The minimum Gasteiger partial charge on any atom is -0.379 e. The highest BCUT2D eigenvalue weighted by Crippen LogP contribution is 2.26. The Morgan fingerprint density at radius 2 is 2.04 bits per heavy atom. The van der Waals surface area contributed by atoms with Crippen molar-refractivity contribution < 1.29 is 4.74 Å². The molecule has 0 atom stereocenters. The van der Waals surface area contributed by atoms with E-state index in [1.807, 2.05) is 12.1 Å². The zero-order valence-corrected chi connectivity index (χ0v) is 14.7. The van der Waals surface area contributed by atoms with Crippen molar-refractivity contribution in [2.45, 2.75) is 6.92 Å². The summed E-state index contributed by atoms with van der Waals surface area (Å²) in [5.74, 6) is 0.739. The van der Waals surface area contributed by atoms with E-state index in [9.17, 15) is 5.26 Å². The van der Waals surface area contributed by atoms with Crippen molar-refractivity contribution in [3.8, 4) is 23.4 Å². The van der Waals surface area contributed by atoms with E-state index < -0.39 is 0 Å². The Kier molecular flexibility index (Phi) is 5.75. The summed E-state index contributed by atoms with van der Waals surface area (Å²) in [6.45, 7) is 6.95. The molecule has 132 valence electrons. The first-order valence-electron chi connectivity index (χ1n) is 8.53. The topological polar surface area (TPSA) is 97.9 Å². The molecule has 1 aliphatic rings. The minimum absolute atomic E-state index is 0.420. The second-order valence-electron chi connectivity index (χ2n) is 6.05. The second kappa shape index (κ2) is 8.39. The average Bonchev–Trinajstić information content (AvgIpc) is 2.69. The van der Waals surface area contributed by atoms with Crippen LogP contribution in [0.4, 0.5) is 5.82 Å². The van der Waals surface area contributed by atoms with Crippen molar-refractivity contribution in [2.75, 3.05) is 44.7 Å². The smallest absolute Gasteiger partial charge is 0.126 e. The standard InChI is InChI=1S/C19H20N6O/c1-14-16(11-20)13-24-19(17(14)12-21)15-2-3-22-18(10-15)23-4-5-25-6-8-26-9-7-25/h2-3,10,13H,4-9H2,1H3,(H,22,23). The minimum atomic E-state index is 0.420. The van der Waals surface area contributed by atoms with Crippen LogP contribution in [0.5, 0.6) is 0 Å². The van der Waals surface area contributed by atoms with Crippen LogP contribution in [-0.4, -0.2) is 54.3 Å². The maximum Gasteiger partial charge on any atom is 0.126 e. The van der Waals surface area contributed by atoms with Gasteiger partial charge in [0.2, 0.25) is 0 Å². The summed E-state index contributed by atoms with van der Waals surface area (Å²) in [6, 6.07) is 7.94. The molecule has 1 fully saturated rings. The summed E-state index contributed by atoms with van der Waals surface area (Å²) < 4.78 is 5.35. The Bertz CT molecular complexity index is 861. The zero-order chi connectivity index (χ0) is 18.4. The largest absolute Gasteiger partial charge is 0.379 e. The quantitative estimate of drug-likeness (QED) is 0.881. The molecule has 0 bridgehead atoms. The Morgan fingerprint density at radius 1 is 1.23 bits per heavy atom. The van der Waals surface area contributed by atoms with Crippen LogP contribution in [0.25, 0.3) is 11.3 Å². The lowest BCUT2D eigenvalue weighted by Crippen LogP contribution is -2.39. The molecule has 0 saturated carbocycles. The van der Waals surface area contributed by atoms with Gasteiger partial charge in [-0.2, -0.15) is 10.5 Å². The number of anilines is 1. The van der Waals surface area contributed by atoms with Crippen molar-refractivity contribution in [3.63, 3.8) is 0 Å². The van der Waals surface area contributed by atoms with Gasteiger partial charge in [0, 0.05) is 44.1 Å². The molecule has 2 aromatic heterocycles. The first-order chi connectivity index (χ1) is 12.7. The third-order valence-electron chi connectivity index (χ3n) is 4.44. The fourth-order valence-electron chi connectivity index (χ4n) is 2.91. The Morgan fingerprint density at radius 3 is 2.77 bits per heavy atom. The average molecular weight is 348 g/mol. The summed E-state index contributed by atoms with van der Waals surface area (Å²) in [6.07, 6.45) is 3.21. The van der Waals surface area contributed by atoms with E-state index in [0.29, 0.717) is 22.4 Å². The van der Waals surface area contributed by atoms with Gasteiger partial charge in [-0.25, -0.2) is 4.98 Å². The molecule has 0 radical (unpaired) electrons. The number of hydrogen-bond acceptors (Lipinski definition) is 7. The number of aromatic nitrogens is 2. The number of hydrogen-bond donors (Lipinski definition) is 1. The molecule has 3 rings (SSSR count). The van der Waals surface area contributed by atoms with E-state index in [4.69, 9.17) is 10.00 Å². The highest BCUT2D eigenvalue weighted by atomic mass is 16.5. The van der Waals surface area contributed by atoms with Crippen LogP contribution in [0, 0.1) is 29.6 Å². The van der Waals surface area contributed by atoms with Crippen LogP contribution >= 0.6 is 0 Å². The Labute approximate surface area is 152 Å². The number of ether oxygens (including phenoxy) is 1. The van der Waals surface area contributed by atoms with Crippen molar-refractivity contribution in [3.05, 3.63) is 41.2 Å². The number of morpholine rings is 1. The molecule has 0 aliphatic carbocycles. The van der Waals surface area contributed by atoms with Crippen LogP contribution in [-0.2, 0) is 4.74 Å². The molecule has 0 spiro atoms. The van der Waals surface area contributed by atoms with E-state index in [-0.39, 0.29) is 0 Å². The molecule has 7 heteroatoms. The summed E-state index contributed by atoms with van der Waals surface area (Å²) >= 11 is 0. The van der Waals surface area contributed by atoms with Gasteiger partial charge in [-0.05, 0) is 24.6 Å².